The number of carbonyl (C=O) groups is 2. The van der Waals surface area contributed by atoms with Crippen LogP contribution in [0.1, 0.15) is 82.0 Å². The standard InChI is InChI=1S/C31H38N4O4/c1-21(35-19-18-31(39-28(35)37,20-30(5,6)38)24-10-8-7-9-11-24)22-12-14-23(15-13-22)25-16-17-26(34-33-25)27(36)32-29(2,3)4/h7-17,21,38H,18-20H2,1-6H3,(H,32,36)/t21-,31-/m0/s1. The van der Waals surface area contributed by atoms with E-state index >= 15 is 0 Å². The van der Waals surface area contributed by atoms with E-state index in [-0.39, 0.29) is 23.2 Å². The number of rotatable bonds is 7. The molecule has 0 unspecified atom stereocenters. The smallest absolute Gasteiger partial charge is 0.411 e. The maximum Gasteiger partial charge on any atom is 0.411 e. The van der Waals surface area contributed by atoms with Gasteiger partial charge < -0.3 is 20.1 Å². The second-order valence-corrected chi connectivity index (χ2v) is 12.0. The predicted octanol–water partition coefficient (Wildman–Crippen LogP) is 5.63. The van der Waals surface area contributed by atoms with E-state index in [4.69, 9.17) is 4.74 Å². The van der Waals surface area contributed by atoms with Gasteiger partial charge in [-0.3, -0.25) is 4.79 Å². The lowest BCUT2D eigenvalue weighted by molar-refractivity contribution is -0.101. The van der Waals surface area contributed by atoms with Gasteiger partial charge in [0.25, 0.3) is 5.91 Å². The Morgan fingerprint density at radius 1 is 1.03 bits per heavy atom. The molecule has 2 N–H and O–H groups in total. The lowest BCUT2D eigenvalue weighted by Gasteiger charge is -2.45. The molecule has 0 saturated carbocycles. The number of nitrogens with zero attached hydrogens (tertiary/aromatic N) is 3. The van der Waals surface area contributed by atoms with E-state index in [1.165, 1.54) is 0 Å². The van der Waals surface area contributed by atoms with Gasteiger partial charge in [0, 0.05) is 30.5 Å². The number of aromatic nitrogens is 2. The zero-order valence-corrected chi connectivity index (χ0v) is 23.6. The monoisotopic (exact) mass is 530 g/mol. The average Bonchev–Trinajstić information content (AvgIpc) is 2.87. The summed E-state index contributed by atoms with van der Waals surface area (Å²) in [5.74, 6) is -0.266. The largest absolute Gasteiger partial charge is 0.438 e. The first-order valence-electron chi connectivity index (χ1n) is 13.3. The summed E-state index contributed by atoms with van der Waals surface area (Å²) in [6.07, 6.45) is 0.477. The number of carbonyl (C=O) groups excluding carboxylic acids is 2. The lowest BCUT2D eigenvalue weighted by atomic mass is 9.80. The van der Waals surface area contributed by atoms with Crippen LogP contribution in [0.2, 0.25) is 0 Å². The van der Waals surface area contributed by atoms with Crippen molar-refractivity contribution >= 4 is 12.0 Å². The molecule has 1 aromatic heterocycles. The topological polar surface area (TPSA) is 105 Å². The molecule has 8 heteroatoms. The summed E-state index contributed by atoms with van der Waals surface area (Å²) in [5.41, 5.74) is 1.37. The Morgan fingerprint density at radius 3 is 2.23 bits per heavy atom. The Labute approximate surface area is 230 Å². The van der Waals surface area contributed by atoms with Gasteiger partial charge in [0.2, 0.25) is 0 Å². The van der Waals surface area contributed by atoms with Crippen LogP contribution in [-0.4, -0.2) is 49.9 Å². The Hall–Kier alpha value is -3.78. The van der Waals surface area contributed by atoms with Crippen molar-refractivity contribution in [3.63, 3.8) is 0 Å². The summed E-state index contributed by atoms with van der Waals surface area (Å²) in [7, 11) is 0. The zero-order chi connectivity index (χ0) is 28.4. The normalized spacial score (nSPS) is 18.8. The summed E-state index contributed by atoms with van der Waals surface area (Å²) in [6, 6.07) is 20.7. The molecule has 206 valence electrons. The molecule has 1 saturated heterocycles. The van der Waals surface area contributed by atoms with Crippen LogP contribution in [0.5, 0.6) is 0 Å². The Morgan fingerprint density at radius 2 is 1.69 bits per heavy atom. The van der Waals surface area contributed by atoms with Gasteiger partial charge in [0.1, 0.15) is 5.60 Å². The number of ether oxygens (including phenoxy) is 1. The van der Waals surface area contributed by atoms with Gasteiger partial charge in [-0.25, -0.2) is 4.79 Å². The molecule has 0 aliphatic carbocycles. The Kier molecular flexibility index (Phi) is 7.80. The van der Waals surface area contributed by atoms with Gasteiger partial charge in [-0.05, 0) is 64.8 Å². The minimum Gasteiger partial charge on any atom is -0.438 e. The fraction of sp³-hybridized carbons (Fsp3) is 0.419. The summed E-state index contributed by atoms with van der Waals surface area (Å²) >= 11 is 0. The number of benzene rings is 2. The van der Waals surface area contributed by atoms with E-state index in [2.05, 4.69) is 15.5 Å². The molecule has 4 rings (SSSR count). The summed E-state index contributed by atoms with van der Waals surface area (Å²) < 4.78 is 6.12. The molecule has 0 spiro atoms. The fourth-order valence-electron chi connectivity index (χ4n) is 5.02. The molecule has 2 aromatic carbocycles. The number of cyclic esters (lactones) is 1. The van der Waals surface area contributed by atoms with Gasteiger partial charge in [0.05, 0.1) is 17.3 Å². The second-order valence-electron chi connectivity index (χ2n) is 12.0. The molecule has 39 heavy (non-hydrogen) atoms. The highest BCUT2D eigenvalue weighted by atomic mass is 16.6. The van der Waals surface area contributed by atoms with Crippen LogP contribution < -0.4 is 5.32 Å². The number of aliphatic hydroxyl groups is 1. The molecule has 2 atom stereocenters. The third-order valence-corrected chi connectivity index (χ3v) is 6.83. The van der Waals surface area contributed by atoms with Crippen molar-refractivity contribution in [3.8, 4) is 11.3 Å². The second kappa shape index (κ2) is 10.8. The third kappa shape index (κ3) is 6.81. The molecular formula is C31H38N4O4. The van der Waals surface area contributed by atoms with Gasteiger partial charge in [-0.15, -0.1) is 10.2 Å². The van der Waals surface area contributed by atoms with E-state index in [1.54, 1.807) is 30.9 Å². The van der Waals surface area contributed by atoms with E-state index in [1.807, 2.05) is 82.3 Å². The van der Waals surface area contributed by atoms with Crippen molar-refractivity contribution < 1.29 is 19.4 Å². The molecule has 8 nitrogen and oxygen atoms in total. The first-order valence-corrected chi connectivity index (χ1v) is 13.3. The van der Waals surface area contributed by atoms with Crippen LogP contribution in [0.15, 0.2) is 66.7 Å². The van der Waals surface area contributed by atoms with Crippen molar-refractivity contribution in [2.45, 2.75) is 77.2 Å². The first kappa shape index (κ1) is 28.2. The lowest BCUT2D eigenvalue weighted by Crippen LogP contribution is -2.51. The van der Waals surface area contributed by atoms with Gasteiger partial charge >= 0.3 is 6.09 Å². The minimum atomic E-state index is -1.00. The average molecular weight is 531 g/mol. The van der Waals surface area contributed by atoms with E-state index in [0.29, 0.717) is 25.1 Å². The number of nitrogens with one attached hydrogen (secondary N) is 1. The Bertz CT molecular complexity index is 1300. The minimum absolute atomic E-state index is 0.211. The van der Waals surface area contributed by atoms with Crippen LogP contribution >= 0.6 is 0 Å². The highest BCUT2D eigenvalue weighted by Gasteiger charge is 2.46. The van der Waals surface area contributed by atoms with Crippen LogP contribution in [0.3, 0.4) is 0 Å². The Balaban J connectivity index is 1.47. The molecule has 1 aliphatic rings. The van der Waals surface area contributed by atoms with Crippen LogP contribution in [-0.2, 0) is 10.3 Å². The number of amides is 2. The predicted molar refractivity (Wildman–Crippen MR) is 150 cm³/mol. The van der Waals surface area contributed by atoms with E-state index in [9.17, 15) is 14.7 Å². The molecule has 1 aliphatic heterocycles. The van der Waals surface area contributed by atoms with Gasteiger partial charge in [-0.1, -0.05) is 54.6 Å². The molecule has 0 radical (unpaired) electrons. The number of hydrogen-bond acceptors (Lipinski definition) is 6. The summed E-state index contributed by atoms with van der Waals surface area (Å²) in [6.45, 7) is 11.7. The molecule has 2 amide bonds. The highest BCUT2D eigenvalue weighted by molar-refractivity contribution is 5.92. The highest BCUT2D eigenvalue weighted by Crippen LogP contribution is 2.42. The molecule has 0 bridgehead atoms. The maximum absolute atomic E-state index is 13.3. The SMILES string of the molecule is C[C@@H](c1ccc(-c2ccc(C(=O)NC(C)(C)C)nn2)cc1)N1CC[C@](CC(C)(C)O)(c2ccccc2)OC1=O. The summed E-state index contributed by atoms with van der Waals surface area (Å²) in [5, 5.41) is 21.8. The molecule has 1 fully saturated rings. The van der Waals surface area contributed by atoms with Crippen LogP contribution in [0.4, 0.5) is 4.79 Å². The van der Waals surface area contributed by atoms with Crippen LogP contribution in [0.25, 0.3) is 11.3 Å². The number of hydrogen-bond donors (Lipinski definition) is 2. The van der Waals surface area contributed by atoms with Crippen LogP contribution in [0, 0.1) is 0 Å². The molecular weight excluding hydrogens is 492 g/mol. The van der Waals surface area contributed by atoms with E-state index < -0.39 is 17.3 Å². The van der Waals surface area contributed by atoms with Gasteiger partial charge in [-0.2, -0.15) is 0 Å². The maximum atomic E-state index is 13.3. The molecule has 3 aromatic rings. The fourth-order valence-corrected chi connectivity index (χ4v) is 5.02. The van der Waals surface area contributed by atoms with E-state index in [0.717, 1.165) is 16.7 Å². The zero-order valence-electron chi connectivity index (χ0n) is 23.6. The quantitative estimate of drug-likeness (QED) is 0.410. The molecule has 2 heterocycles. The van der Waals surface area contributed by atoms with Crippen molar-refractivity contribution in [1.29, 1.82) is 0 Å². The third-order valence-electron chi connectivity index (χ3n) is 6.83. The van der Waals surface area contributed by atoms with Crippen molar-refractivity contribution in [2.75, 3.05) is 6.54 Å². The van der Waals surface area contributed by atoms with Crippen molar-refractivity contribution in [2.24, 2.45) is 0 Å². The first-order chi connectivity index (χ1) is 18.3. The van der Waals surface area contributed by atoms with Crippen molar-refractivity contribution in [3.05, 3.63) is 83.6 Å². The van der Waals surface area contributed by atoms with Crippen molar-refractivity contribution in [1.82, 2.24) is 20.4 Å². The van der Waals surface area contributed by atoms with Gasteiger partial charge in [0.15, 0.2) is 5.69 Å². The summed E-state index contributed by atoms with van der Waals surface area (Å²) in [4.78, 5) is 27.4.